The van der Waals surface area contributed by atoms with Gasteiger partial charge in [0.15, 0.2) is 17.3 Å². The number of carbonyl (C=O) groups is 1. The molecule has 1 aliphatic rings. The highest BCUT2D eigenvalue weighted by Crippen LogP contribution is 2.54. The monoisotopic (exact) mass is 372 g/mol. The van der Waals surface area contributed by atoms with Crippen molar-refractivity contribution in [3.05, 3.63) is 48.5 Å². The SMILES string of the molecule is C=C[C@]1(COc2cnc(C)nc2C)C[C@H]1C(=O)Nc1cc(OC)c(F)cn1. The van der Waals surface area contributed by atoms with Crippen LogP contribution in [-0.2, 0) is 4.79 Å². The standard InChI is InChI=1S/C19H21FN4O3/c1-5-19(10-27-16-9-21-12(3)23-11(16)2)7-13(19)18(25)24-17-6-15(26-4)14(20)8-22-17/h5-6,8-9,13H,1,7,10H2,2-4H3,(H,22,24,25)/t13-,19+/m0/s1. The Morgan fingerprint density at radius 3 is 2.85 bits per heavy atom. The average molecular weight is 372 g/mol. The molecule has 1 N–H and O–H groups in total. The molecule has 142 valence electrons. The molecule has 0 saturated heterocycles. The van der Waals surface area contributed by atoms with Crippen LogP contribution >= 0.6 is 0 Å². The molecule has 1 amide bonds. The molecule has 3 rings (SSSR count). The minimum absolute atomic E-state index is 0.0178. The largest absolute Gasteiger partial charge is 0.493 e. The van der Waals surface area contributed by atoms with Gasteiger partial charge in [-0.25, -0.2) is 19.3 Å². The first kappa shape index (κ1) is 18.8. The van der Waals surface area contributed by atoms with Gasteiger partial charge in [-0.1, -0.05) is 6.08 Å². The number of hydrogen-bond donors (Lipinski definition) is 1. The predicted octanol–water partition coefficient (Wildman–Crippen LogP) is 2.85. The normalized spacial score (nSPS) is 20.7. The van der Waals surface area contributed by atoms with Gasteiger partial charge in [0, 0.05) is 11.5 Å². The summed E-state index contributed by atoms with van der Waals surface area (Å²) in [6, 6.07) is 1.34. The van der Waals surface area contributed by atoms with E-state index in [1.54, 1.807) is 12.3 Å². The Hall–Kier alpha value is -3.03. The zero-order valence-electron chi connectivity index (χ0n) is 15.5. The van der Waals surface area contributed by atoms with E-state index >= 15 is 0 Å². The molecular weight excluding hydrogens is 351 g/mol. The van der Waals surface area contributed by atoms with Crippen molar-refractivity contribution in [1.29, 1.82) is 0 Å². The van der Waals surface area contributed by atoms with Gasteiger partial charge < -0.3 is 14.8 Å². The Balaban J connectivity index is 1.64. The number of nitrogens with zero attached hydrogens (tertiary/aromatic N) is 3. The van der Waals surface area contributed by atoms with Crippen LogP contribution in [0.25, 0.3) is 0 Å². The summed E-state index contributed by atoms with van der Waals surface area (Å²) in [5.74, 6) is 0.376. The number of amides is 1. The third-order valence-electron chi connectivity index (χ3n) is 4.68. The lowest BCUT2D eigenvalue weighted by atomic mass is 10.1. The fraction of sp³-hybridized carbons (Fsp3) is 0.368. The van der Waals surface area contributed by atoms with Gasteiger partial charge in [-0.05, 0) is 20.3 Å². The number of pyridine rings is 1. The molecule has 7 nitrogen and oxygen atoms in total. The molecule has 1 saturated carbocycles. The van der Waals surface area contributed by atoms with Crippen LogP contribution in [0.3, 0.4) is 0 Å². The van der Waals surface area contributed by atoms with Crippen molar-refractivity contribution in [2.24, 2.45) is 11.3 Å². The summed E-state index contributed by atoms with van der Waals surface area (Å²) >= 11 is 0. The van der Waals surface area contributed by atoms with Crippen molar-refractivity contribution in [3.63, 3.8) is 0 Å². The van der Waals surface area contributed by atoms with E-state index in [2.05, 4.69) is 26.8 Å². The van der Waals surface area contributed by atoms with E-state index < -0.39 is 11.2 Å². The molecule has 0 bridgehead atoms. The minimum Gasteiger partial charge on any atom is -0.493 e. The van der Waals surface area contributed by atoms with Crippen molar-refractivity contribution in [1.82, 2.24) is 15.0 Å². The van der Waals surface area contributed by atoms with Gasteiger partial charge in [0.25, 0.3) is 0 Å². The number of aryl methyl sites for hydroxylation is 2. The third-order valence-corrected chi connectivity index (χ3v) is 4.68. The Labute approximate surface area is 156 Å². The third kappa shape index (κ3) is 3.89. The van der Waals surface area contributed by atoms with Crippen molar-refractivity contribution in [3.8, 4) is 11.5 Å². The number of halogens is 1. The fourth-order valence-electron chi connectivity index (χ4n) is 2.90. The lowest BCUT2D eigenvalue weighted by Crippen LogP contribution is -2.22. The molecule has 2 aromatic rings. The lowest BCUT2D eigenvalue weighted by Gasteiger charge is -2.15. The molecule has 2 atom stereocenters. The maximum absolute atomic E-state index is 13.4. The van der Waals surface area contributed by atoms with Crippen LogP contribution in [0.1, 0.15) is 17.9 Å². The number of nitrogens with one attached hydrogen (secondary N) is 1. The van der Waals surface area contributed by atoms with Crippen LogP contribution < -0.4 is 14.8 Å². The van der Waals surface area contributed by atoms with E-state index in [-0.39, 0.29) is 23.4 Å². The molecule has 0 aromatic carbocycles. The Morgan fingerprint density at radius 1 is 1.41 bits per heavy atom. The molecule has 8 heteroatoms. The lowest BCUT2D eigenvalue weighted by molar-refractivity contribution is -0.118. The average Bonchev–Trinajstić information content (AvgIpc) is 3.38. The Kier molecular flexibility index (Phi) is 5.07. The van der Waals surface area contributed by atoms with E-state index in [0.717, 1.165) is 11.9 Å². The minimum atomic E-state index is -0.591. The first-order chi connectivity index (χ1) is 12.9. The summed E-state index contributed by atoms with van der Waals surface area (Å²) < 4.78 is 24.2. The molecule has 1 fully saturated rings. The molecule has 2 aromatic heterocycles. The Morgan fingerprint density at radius 2 is 2.19 bits per heavy atom. The Bertz CT molecular complexity index is 889. The maximum Gasteiger partial charge on any atom is 0.229 e. The van der Waals surface area contributed by atoms with E-state index in [1.165, 1.54) is 13.2 Å². The summed E-state index contributed by atoms with van der Waals surface area (Å²) in [4.78, 5) is 24.8. The zero-order valence-corrected chi connectivity index (χ0v) is 15.5. The summed E-state index contributed by atoms with van der Waals surface area (Å²) in [5, 5.41) is 2.69. The van der Waals surface area contributed by atoms with Crippen LogP contribution in [0.15, 0.2) is 31.1 Å². The van der Waals surface area contributed by atoms with Crippen molar-refractivity contribution in [2.45, 2.75) is 20.3 Å². The molecule has 2 heterocycles. The number of rotatable bonds is 7. The van der Waals surface area contributed by atoms with Gasteiger partial charge in [-0.15, -0.1) is 6.58 Å². The number of aromatic nitrogens is 3. The summed E-state index contributed by atoms with van der Waals surface area (Å²) in [7, 11) is 1.35. The molecule has 27 heavy (non-hydrogen) atoms. The molecular formula is C19H21FN4O3. The van der Waals surface area contributed by atoms with E-state index in [1.807, 2.05) is 13.8 Å². The highest BCUT2D eigenvalue weighted by atomic mass is 19.1. The quantitative estimate of drug-likeness (QED) is 0.752. The van der Waals surface area contributed by atoms with Crippen molar-refractivity contribution >= 4 is 11.7 Å². The number of carbonyl (C=O) groups excluding carboxylic acids is 1. The first-order valence-electron chi connectivity index (χ1n) is 8.45. The first-order valence-corrected chi connectivity index (χ1v) is 8.45. The summed E-state index contributed by atoms with van der Waals surface area (Å²) in [6.07, 6.45) is 4.97. The van der Waals surface area contributed by atoms with Crippen LogP contribution in [0.5, 0.6) is 11.5 Å². The summed E-state index contributed by atoms with van der Waals surface area (Å²) in [6.45, 7) is 7.79. The van der Waals surface area contributed by atoms with Crippen molar-refractivity contribution in [2.75, 3.05) is 19.0 Å². The van der Waals surface area contributed by atoms with Gasteiger partial charge in [0.05, 0.1) is 37.7 Å². The number of hydrogen-bond acceptors (Lipinski definition) is 6. The fourth-order valence-corrected chi connectivity index (χ4v) is 2.90. The van der Waals surface area contributed by atoms with Gasteiger partial charge in [-0.3, -0.25) is 4.79 Å². The van der Waals surface area contributed by atoms with Gasteiger partial charge in [0.2, 0.25) is 5.91 Å². The van der Waals surface area contributed by atoms with Crippen LogP contribution in [0, 0.1) is 31.0 Å². The van der Waals surface area contributed by atoms with Gasteiger partial charge in [0.1, 0.15) is 11.6 Å². The molecule has 0 aliphatic heterocycles. The predicted molar refractivity (Wildman–Crippen MR) is 97.1 cm³/mol. The second-order valence-electron chi connectivity index (χ2n) is 6.54. The number of anilines is 1. The molecule has 0 unspecified atom stereocenters. The van der Waals surface area contributed by atoms with E-state index in [4.69, 9.17) is 9.47 Å². The van der Waals surface area contributed by atoms with E-state index in [9.17, 15) is 9.18 Å². The highest BCUT2D eigenvalue weighted by molar-refractivity contribution is 5.94. The number of ether oxygens (including phenoxy) is 2. The number of methoxy groups -OCH3 is 1. The van der Waals surface area contributed by atoms with Gasteiger partial charge in [-0.2, -0.15) is 0 Å². The highest BCUT2D eigenvalue weighted by Gasteiger charge is 2.57. The zero-order chi connectivity index (χ0) is 19.6. The van der Waals surface area contributed by atoms with Crippen LogP contribution in [-0.4, -0.2) is 34.6 Å². The smallest absolute Gasteiger partial charge is 0.229 e. The summed E-state index contributed by atoms with van der Waals surface area (Å²) in [5.41, 5.74) is 0.275. The maximum atomic E-state index is 13.4. The molecule has 0 spiro atoms. The van der Waals surface area contributed by atoms with E-state index in [0.29, 0.717) is 24.6 Å². The van der Waals surface area contributed by atoms with Crippen LogP contribution in [0.2, 0.25) is 0 Å². The molecule has 0 radical (unpaired) electrons. The second kappa shape index (κ2) is 7.30. The molecule has 1 aliphatic carbocycles. The van der Waals surface area contributed by atoms with Gasteiger partial charge >= 0.3 is 0 Å². The second-order valence-corrected chi connectivity index (χ2v) is 6.54. The van der Waals surface area contributed by atoms with Crippen LogP contribution in [0.4, 0.5) is 10.2 Å². The topological polar surface area (TPSA) is 86.2 Å². The van der Waals surface area contributed by atoms with Crippen molar-refractivity contribution < 1.29 is 18.7 Å².